The number of sulfonamides is 1. The molecule has 0 aliphatic heterocycles. The van der Waals surface area contributed by atoms with Crippen molar-refractivity contribution in [1.29, 1.82) is 0 Å². The SMILES string of the molecule is COc1ccccc1NC(=O)COC(=O)CNS(=O)(=O)/C=C/c1ccc(C)cc1. The summed E-state index contributed by atoms with van der Waals surface area (Å²) in [5.41, 5.74) is 2.19. The van der Waals surface area contributed by atoms with E-state index in [2.05, 4.69) is 10.0 Å². The summed E-state index contributed by atoms with van der Waals surface area (Å²) in [6, 6.07) is 14.0. The summed E-state index contributed by atoms with van der Waals surface area (Å²) in [6.07, 6.45) is 1.41. The lowest BCUT2D eigenvalue weighted by Crippen LogP contribution is -2.31. The van der Waals surface area contributed by atoms with E-state index in [0.29, 0.717) is 17.0 Å². The number of rotatable bonds is 9. The zero-order valence-electron chi connectivity index (χ0n) is 16.0. The molecule has 2 aromatic rings. The number of anilines is 1. The summed E-state index contributed by atoms with van der Waals surface area (Å²) in [4.78, 5) is 23.6. The quantitative estimate of drug-likeness (QED) is 0.603. The summed E-state index contributed by atoms with van der Waals surface area (Å²) in [7, 11) is -2.37. The highest BCUT2D eigenvalue weighted by atomic mass is 32.2. The molecule has 8 nitrogen and oxygen atoms in total. The highest BCUT2D eigenvalue weighted by Gasteiger charge is 2.13. The van der Waals surface area contributed by atoms with Gasteiger partial charge in [0, 0.05) is 5.41 Å². The van der Waals surface area contributed by atoms with Crippen LogP contribution >= 0.6 is 0 Å². The molecule has 1 amide bonds. The van der Waals surface area contributed by atoms with Crippen molar-refractivity contribution in [1.82, 2.24) is 4.72 Å². The van der Waals surface area contributed by atoms with Gasteiger partial charge in [-0.1, -0.05) is 42.0 Å². The molecule has 0 spiro atoms. The third-order valence-electron chi connectivity index (χ3n) is 3.68. The van der Waals surface area contributed by atoms with E-state index in [9.17, 15) is 18.0 Å². The van der Waals surface area contributed by atoms with Crippen LogP contribution < -0.4 is 14.8 Å². The molecule has 0 radical (unpaired) electrons. The maximum atomic E-state index is 11.9. The molecule has 0 aromatic heterocycles. The summed E-state index contributed by atoms with van der Waals surface area (Å²) >= 11 is 0. The number of carbonyl (C=O) groups excluding carboxylic acids is 2. The Balaban J connectivity index is 1.78. The minimum absolute atomic E-state index is 0.429. The van der Waals surface area contributed by atoms with Gasteiger partial charge >= 0.3 is 5.97 Å². The van der Waals surface area contributed by atoms with Crippen LogP contribution in [0.5, 0.6) is 5.75 Å². The number of carbonyl (C=O) groups is 2. The number of benzene rings is 2. The Hall–Kier alpha value is -3.17. The van der Waals surface area contributed by atoms with Crippen LogP contribution in [0.25, 0.3) is 6.08 Å². The van der Waals surface area contributed by atoms with Gasteiger partial charge in [-0.3, -0.25) is 9.59 Å². The van der Waals surface area contributed by atoms with Gasteiger partial charge in [-0.15, -0.1) is 0 Å². The van der Waals surface area contributed by atoms with Crippen molar-refractivity contribution in [2.24, 2.45) is 0 Å². The van der Waals surface area contributed by atoms with Crippen LogP contribution in [0, 0.1) is 6.92 Å². The monoisotopic (exact) mass is 418 g/mol. The summed E-state index contributed by atoms with van der Waals surface area (Å²) in [5, 5.41) is 3.50. The number of para-hydroxylation sites is 2. The number of hydrogen-bond donors (Lipinski definition) is 2. The Kier molecular flexibility index (Phi) is 7.93. The van der Waals surface area contributed by atoms with E-state index in [1.807, 2.05) is 19.1 Å². The molecule has 0 heterocycles. The van der Waals surface area contributed by atoms with Crippen molar-refractivity contribution in [2.75, 3.05) is 25.6 Å². The maximum absolute atomic E-state index is 11.9. The summed E-state index contributed by atoms with van der Waals surface area (Å²) < 4.78 is 35.8. The first kappa shape index (κ1) is 22.1. The zero-order chi connectivity index (χ0) is 21.3. The van der Waals surface area contributed by atoms with Crippen LogP contribution in [0.1, 0.15) is 11.1 Å². The lowest BCUT2D eigenvalue weighted by Gasteiger charge is -2.10. The van der Waals surface area contributed by atoms with Crippen LogP contribution in [0.2, 0.25) is 0 Å². The second-order valence-corrected chi connectivity index (χ2v) is 7.64. The van der Waals surface area contributed by atoms with Crippen LogP contribution in [0.15, 0.2) is 53.9 Å². The first-order valence-electron chi connectivity index (χ1n) is 8.62. The van der Waals surface area contributed by atoms with Crippen molar-refractivity contribution < 1.29 is 27.5 Å². The molecule has 0 saturated heterocycles. The van der Waals surface area contributed by atoms with E-state index in [0.717, 1.165) is 11.0 Å². The van der Waals surface area contributed by atoms with E-state index in [4.69, 9.17) is 9.47 Å². The molecular weight excluding hydrogens is 396 g/mol. The zero-order valence-corrected chi connectivity index (χ0v) is 16.9. The molecule has 2 N–H and O–H groups in total. The molecule has 154 valence electrons. The lowest BCUT2D eigenvalue weighted by molar-refractivity contribution is -0.146. The minimum Gasteiger partial charge on any atom is -0.495 e. The molecule has 0 saturated carbocycles. The third-order valence-corrected chi connectivity index (χ3v) is 4.72. The van der Waals surface area contributed by atoms with Gasteiger partial charge in [-0.05, 0) is 30.7 Å². The fourth-order valence-electron chi connectivity index (χ4n) is 2.18. The number of ether oxygens (including phenoxy) is 2. The van der Waals surface area contributed by atoms with Crippen molar-refractivity contribution in [3.63, 3.8) is 0 Å². The molecule has 0 unspecified atom stereocenters. The number of hydrogen-bond acceptors (Lipinski definition) is 6. The van der Waals surface area contributed by atoms with Crippen LogP contribution in [0.3, 0.4) is 0 Å². The fraction of sp³-hybridized carbons (Fsp3) is 0.200. The fourth-order valence-corrected chi connectivity index (χ4v) is 2.94. The van der Waals surface area contributed by atoms with Gasteiger partial charge in [0.05, 0.1) is 12.8 Å². The van der Waals surface area contributed by atoms with Crippen molar-refractivity contribution >= 4 is 33.7 Å². The Morgan fingerprint density at radius 3 is 2.45 bits per heavy atom. The number of esters is 1. The number of methoxy groups -OCH3 is 1. The van der Waals surface area contributed by atoms with Gasteiger partial charge < -0.3 is 14.8 Å². The first-order chi connectivity index (χ1) is 13.8. The van der Waals surface area contributed by atoms with Crippen LogP contribution in [0.4, 0.5) is 5.69 Å². The van der Waals surface area contributed by atoms with Gasteiger partial charge in [0.2, 0.25) is 10.0 Å². The number of nitrogens with one attached hydrogen (secondary N) is 2. The first-order valence-corrected chi connectivity index (χ1v) is 10.2. The normalized spacial score (nSPS) is 11.2. The number of amides is 1. The topological polar surface area (TPSA) is 111 Å². The average Bonchev–Trinajstić information content (AvgIpc) is 2.71. The molecule has 29 heavy (non-hydrogen) atoms. The second kappa shape index (κ2) is 10.4. The van der Waals surface area contributed by atoms with E-state index >= 15 is 0 Å². The second-order valence-electron chi connectivity index (χ2n) is 5.99. The van der Waals surface area contributed by atoms with Gasteiger partial charge in [0.1, 0.15) is 12.3 Å². The van der Waals surface area contributed by atoms with Crippen LogP contribution in [-0.2, 0) is 24.3 Å². The molecule has 0 bridgehead atoms. The Morgan fingerprint density at radius 1 is 1.07 bits per heavy atom. The predicted molar refractivity (Wildman–Crippen MR) is 110 cm³/mol. The Labute approximate surface area is 169 Å². The Morgan fingerprint density at radius 2 is 1.76 bits per heavy atom. The minimum atomic E-state index is -3.83. The van der Waals surface area contributed by atoms with Gasteiger partial charge in [-0.25, -0.2) is 13.1 Å². The largest absolute Gasteiger partial charge is 0.495 e. The van der Waals surface area contributed by atoms with Gasteiger partial charge in [0.25, 0.3) is 5.91 Å². The van der Waals surface area contributed by atoms with E-state index < -0.39 is 35.1 Å². The van der Waals surface area contributed by atoms with Gasteiger partial charge in [-0.2, -0.15) is 0 Å². The van der Waals surface area contributed by atoms with E-state index in [1.165, 1.54) is 13.2 Å². The molecule has 0 aliphatic carbocycles. The lowest BCUT2D eigenvalue weighted by atomic mass is 10.2. The molecule has 2 rings (SSSR count). The smallest absolute Gasteiger partial charge is 0.321 e. The summed E-state index contributed by atoms with van der Waals surface area (Å²) in [5.74, 6) is -1.00. The molecule has 0 atom stereocenters. The third kappa shape index (κ3) is 7.76. The highest BCUT2D eigenvalue weighted by Crippen LogP contribution is 2.22. The maximum Gasteiger partial charge on any atom is 0.321 e. The standard InChI is InChI=1S/C20H22N2O6S/c1-15-7-9-16(10-8-15)11-12-29(25,26)21-13-20(24)28-14-19(23)22-17-5-3-4-6-18(17)27-2/h3-12,21H,13-14H2,1-2H3,(H,22,23)/b12-11+. The van der Waals surface area contributed by atoms with Crippen molar-refractivity contribution in [3.8, 4) is 5.75 Å². The van der Waals surface area contributed by atoms with Crippen LogP contribution in [-0.4, -0.2) is 40.6 Å². The van der Waals surface area contributed by atoms with Crippen molar-refractivity contribution in [2.45, 2.75) is 6.92 Å². The molecule has 9 heteroatoms. The molecule has 0 fully saturated rings. The van der Waals surface area contributed by atoms with E-state index in [-0.39, 0.29) is 0 Å². The number of aryl methyl sites for hydroxylation is 1. The summed E-state index contributed by atoms with van der Waals surface area (Å²) in [6.45, 7) is 0.772. The van der Waals surface area contributed by atoms with Gasteiger partial charge in [0.15, 0.2) is 6.61 Å². The Bertz CT molecular complexity index is 984. The molecule has 0 aliphatic rings. The van der Waals surface area contributed by atoms with E-state index in [1.54, 1.807) is 36.4 Å². The highest BCUT2D eigenvalue weighted by molar-refractivity contribution is 7.92. The molecular formula is C20H22N2O6S. The average molecular weight is 418 g/mol. The molecule has 2 aromatic carbocycles. The van der Waals surface area contributed by atoms with Crippen molar-refractivity contribution in [3.05, 3.63) is 65.1 Å². The predicted octanol–water partition coefficient (Wildman–Crippen LogP) is 2.08.